The minimum absolute atomic E-state index is 0.00829. The topological polar surface area (TPSA) is 75.4 Å². The van der Waals surface area contributed by atoms with Crippen LogP contribution in [0.3, 0.4) is 0 Å². The van der Waals surface area contributed by atoms with Gasteiger partial charge in [-0.1, -0.05) is 13.8 Å². The molecule has 1 atom stereocenters. The highest BCUT2D eigenvalue weighted by molar-refractivity contribution is 5.96. The van der Waals surface area contributed by atoms with Gasteiger partial charge in [-0.3, -0.25) is 9.59 Å². The number of nitrogens with zero attached hydrogens (tertiary/aromatic N) is 1. The van der Waals surface area contributed by atoms with Crippen LogP contribution >= 0.6 is 0 Å². The molecule has 2 amide bonds. The summed E-state index contributed by atoms with van der Waals surface area (Å²) in [5.74, 6) is 0.236. The van der Waals surface area contributed by atoms with E-state index in [4.69, 9.17) is 5.73 Å². The molecule has 3 N–H and O–H groups in total. The fraction of sp³-hybridized carbons (Fsp3) is 0.529. The van der Waals surface area contributed by atoms with E-state index in [1.165, 1.54) is 0 Å². The van der Waals surface area contributed by atoms with Gasteiger partial charge in [0.05, 0.1) is 0 Å². The number of anilines is 1. The Morgan fingerprint density at radius 3 is 2.41 bits per heavy atom. The summed E-state index contributed by atoms with van der Waals surface area (Å²) in [6.45, 7) is 8.22. The molecule has 0 aromatic heterocycles. The molecule has 5 heteroatoms. The van der Waals surface area contributed by atoms with Crippen molar-refractivity contribution in [3.8, 4) is 0 Å². The zero-order valence-corrected chi connectivity index (χ0v) is 14.1. The summed E-state index contributed by atoms with van der Waals surface area (Å²) in [6, 6.07) is 5.30. The maximum absolute atomic E-state index is 12.4. The highest BCUT2D eigenvalue weighted by atomic mass is 16.2. The van der Waals surface area contributed by atoms with Crippen molar-refractivity contribution in [3.05, 3.63) is 29.3 Å². The first kappa shape index (κ1) is 18.2. The largest absolute Gasteiger partial charge is 0.338 e. The average Bonchev–Trinajstić information content (AvgIpc) is 2.46. The lowest BCUT2D eigenvalue weighted by Crippen LogP contribution is -2.39. The minimum Gasteiger partial charge on any atom is -0.338 e. The van der Waals surface area contributed by atoms with Crippen molar-refractivity contribution in [2.45, 2.75) is 40.2 Å². The van der Waals surface area contributed by atoms with E-state index >= 15 is 0 Å². The van der Waals surface area contributed by atoms with E-state index < -0.39 is 0 Å². The molecule has 122 valence electrons. The summed E-state index contributed by atoms with van der Waals surface area (Å²) >= 11 is 0. The molecule has 0 heterocycles. The molecule has 0 bridgehead atoms. The van der Waals surface area contributed by atoms with E-state index in [0.29, 0.717) is 24.4 Å². The summed E-state index contributed by atoms with van der Waals surface area (Å²) in [5.41, 5.74) is 7.81. The Labute approximate surface area is 132 Å². The van der Waals surface area contributed by atoms with Crippen molar-refractivity contribution in [3.63, 3.8) is 0 Å². The number of hydrogen-bond donors (Lipinski definition) is 2. The predicted octanol–water partition coefficient (Wildman–Crippen LogP) is 2.40. The molecule has 0 radical (unpaired) electrons. The van der Waals surface area contributed by atoms with Crippen molar-refractivity contribution < 1.29 is 9.59 Å². The molecule has 1 aromatic rings. The molecule has 0 saturated carbocycles. The zero-order valence-electron chi connectivity index (χ0n) is 14.1. The molecule has 0 aliphatic carbocycles. The van der Waals surface area contributed by atoms with Crippen LogP contribution in [0.5, 0.6) is 0 Å². The Morgan fingerprint density at radius 2 is 1.91 bits per heavy atom. The first-order valence-corrected chi connectivity index (χ1v) is 7.64. The smallest absolute Gasteiger partial charge is 0.253 e. The van der Waals surface area contributed by atoms with Crippen LogP contribution in [-0.2, 0) is 4.79 Å². The number of carbonyl (C=O) groups is 2. The van der Waals surface area contributed by atoms with E-state index in [1.807, 2.05) is 27.7 Å². The normalized spacial score (nSPS) is 12.1. The van der Waals surface area contributed by atoms with Gasteiger partial charge >= 0.3 is 0 Å². The first-order valence-electron chi connectivity index (χ1n) is 7.64. The van der Waals surface area contributed by atoms with Crippen LogP contribution in [0.1, 0.15) is 43.1 Å². The molecule has 1 rings (SSSR count). The number of nitrogens with one attached hydrogen (secondary N) is 1. The molecule has 1 aromatic carbocycles. The van der Waals surface area contributed by atoms with Gasteiger partial charge in [-0.2, -0.15) is 0 Å². The molecular formula is C17H27N3O2. The van der Waals surface area contributed by atoms with Crippen LogP contribution in [0.2, 0.25) is 0 Å². The van der Waals surface area contributed by atoms with Crippen molar-refractivity contribution in [1.29, 1.82) is 0 Å². The van der Waals surface area contributed by atoms with Crippen LogP contribution in [0.15, 0.2) is 18.2 Å². The van der Waals surface area contributed by atoms with Gasteiger partial charge in [0.15, 0.2) is 0 Å². The van der Waals surface area contributed by atoms with Crippen LogP contribution in [-0.4, -0.2) is 36.3 Å². The number of hydrogen-bond acceptors (Lipinski definition) is 3. The third kappa shape index (κ3) is 4.84. The monoisotopic (exact) mass is 305 g/mol. The molecule has 0 saturated heterocycles. The number of carbonyl (C=O) groups excluding carboxylic acids is 2. The summed E-state index contributed by atoms with van der Waals surface area (Å²) in [5, 5.41) is 2.89. The van der Waals surface area contributed by atoms with E-state index in [9.17, 15) is 9.59 Å². The molecular weight excluding hydrogens is 278 g/mol. The molecule has 0 aliphatic heterocycles. The Bertz CT molecular complexity index is 541. The Hall–Kier alpha value is -1.88. The quantitative estimate of drug-likeness (QED) is 0.847. The average molecular weight is 305 g/mol. The minimum atomic E-state index is -0.0684. The lowest BCUT2D eigenvalue weighted by Gasteiger charge is -2.24. The summed E-state index contributed by atoms with van der Waals surface area (Å²) in [6.07, 6.45) is 0.483. The maximum atomic E-state index is 12.4. The molecule has 22 heavy (non-hydrogen) atoms. The van der Waals surface area contributed by atoms with Gasteiger partial charge in [-0.25, -0.2) is 0 Å². The van der Waals surface area contributed by atoms with Gasteiger partial charge in [0.25, 0.3) is 5.91 Å². The number of likely N-dealkylation sites (N-methyl/N-ethyl adjacent to an activating group) is 1. The molecule has 0 aliphatic rings. The summed E-state index contributed by atoms with van der Waals surface area (Å²) < 4.78 is 0. The van der Waals surface area contributed by atoms with Crippen LogP contribution in [0, 0.1) is 12.8 Å². The second-order valence-electron chi connectivity index (χ2n) is 6.18. The van der Waals surface area contributed by atoms with Crippen LogP contribution in [0.4, 0.5) is 5.69 Å². The molecule has 1 unspecified atom stereocenters. The lowest BCUT2D eigenvalue weighted by molar-refractivity contribution is -0.116. The van der Waals surface area contributed by atoms with Gasteiger partial charge in [0, 0.05) is 37.3 Å². The van der Waals surface area contributed by atoms with Gasteiger partial charge in [0.2, 0.25) is 5.91 Å². The predicted molar refractivity (Wildman–Crippen MR) is 89.9 cm³/mol. The number of benzene rings is 1. The van der Waals surface area contributed by atoms with E-state index in [-0.39, 0.29) is 17.9 Å². The highest BCUT2D eigenvalue weighted by Crippen LogP contribution is 2.19. The lowest BCUT2D eigenvalue weighted by atomic mass is 10.1. The van der Waals surface area contributed by atoms with Gasteiger partial charge in [-0.05, 0) is 43.5 Å². The number of nitrogens with two attached hydrogens (primary N) is 1. The van der Waals surface area contributed by atoms with Crippen LogP contribution in [0.25, 0.3) is 0 Å². The SMILES string of the molecule is Cc1cc(C(=O)N(C)C(C)CN)ccc1NC(=O)CC(C)C. The second kappa shape index (κ2) is 7.94. The number of rotatable bonds is 6. The third-order valence-electron chi connectivity index (χ3n) is 3.66. The fourth-order valence-electron chi connectivity index (χ4n) is 2.07. The van der Waals surface area contributed by atoms with Crippen LogP contribution < -0.4 is 11.1 Å². The van der Waals surface area contributed by atoms with Crippen molar-refractivity contribution in [2.24, 2.45) is 11.7 Å². The van der Waals surface area contributed by atoms with Gasteiger partial charge in [-0.15, -0.1) is 0 Å². The Balaban J connectivity index is 2.85. The third-order valence-corrected chi connectivity index (χ3v) is 3.66. The van der Waals surface area contributed by atoms with Crippen molar-refractivity contribution in [2.75, 3.05) is 18.9 Å². The molecule has 0 fully saturated rings. The zero-order chi connectivity index (χ0) is 16.9. The highest BCUT2D eigenvalue weighted by Gasteiger charge is 2.17. The van der Waals surface area contributed by atoms with E-state index in [1.54, 1.807) is 30.1 Å². The van der Waals surface area contributed by atoms with Crippen molar-refractivity contribution >= 4 is 17.5 Å². The Morgan fingerprint density at radius 1 is 1.27 bits per heavy atom. The summed E-state index contributed by atoms with van der Waals surface area (Å²) in [4.78, 5) is 25.8. The van der Waals surface area contributed by atoms with Gasteiger partial charge < -0.3 is 16.0 Å². The standard InChI is InChI=1S/C17H27N3O2/c1-11(2)8-16(21)19-15-7-6-14(9-12(15)3)17(22)20(5)13(4)10-18/h6-7,9,11,13H,8,10,18H2,1-5H3,(H,19,21). The van der Waals surface area contributed by atoms with E-state index in [2.05, 4.69) is 5.32 Å². The second-order valence-corrected chi connectivity index (χ2v) is 6.18. The molecule has 5 nitrogen and oxygen atoms in total. The summed E-state index contributed by atoms with van der Waals surface area (Å²) in [7, 11) is 1.74. The number of aryl methyl sites for hydroxylation is 1. The van der Waals surface area contributed by atoms with E-state index in [0.717, 1.165) is 11.3 Å². The molecule has 0 spiro atoms. The first-order chi connectivity index (χ1) is 10.3. The Kier molecular flexibility index (Phi) is 6.56. The van der Waals surface area contributed by atoms with Gasteiger partial charge in [0.1, 0.15) is 0 Å². The fourth-order valence-corrected chi connectivity index (χ4v) is 2.07. The number of amides is 2. The van der Waals surface area contributed by atoms with Crippen molar-refractivity contribution in [1.82, 2.24) is 4.90 Å². The maximum Gasteiger partial charge on any atom is 0.253 e.